The number of carbonyl (C=O) groups is 1. The zero-order valence-corrected chi connectivity index (χ0v) is 15.5. The molecule has 3 aromatic rings. The normalized spacial score (nSPS) is 12.5. The Morgan fingerprint density at radius 1 is 1.12 bits per heavy atom. The summed E-state index contributed by atoms with van der Waals surface area (Å²) in [7, 11) is -3.77. The number of carbonyl (C=O) groups excluding carboxylic acids is 1. The van der Waals surface area contributed by atoms with Gasteiger partial charge in [0.2, 0.25) is 10.0 Å². The van der Waals surface area contributed by atoms with Crippen molar-refractivity contribution in [3.05, 3.63) is 77.3 Å². The highest BCUT2D eigenvalue weighted by Crippen LogP contribution is 2.19. The Bertz CT molecular complexity index is 988. The van der Waals surface area contributed by atoms with Gasteiger partial charge in [-0.1, -0.05) is 36.4 Å². The lowest BCUT2D eigenvalue weighted by Crippen LogP contribution is -2.27. The molecule has 0 aliphatic heterocycles. The summed E-state index contributed by atoms with van der Waals surface area (Å²) in [4.78, 5) is 16.3. The Morgan fingerprint density at radius 2 is 1.88 bits per heavy atom. The second-order valence-corrected chi connectivity index (χ2v) is 8.18. The first-order chi connectivity index (χ1) is 12.5. The van der Waals surface area contributed by atoms with E-state index >= 15 is 0 Å². The van der Waals surface area contributed by atoms with Crippen LogP contribution in [0, 0.1) is 0 Å². The van der Waals surface area contributed by atoms with Crippen LogP contribution >= 0.6 is 11.3 Å². The monoisotopic (exact) mass is 387 g/mol. The number of amides is 1. The first kappa shape index (κ1) is 18.2. The summed E-state index contributed by atoms with van der Waals surface area (Å²) in [6, 6.07) is 14.8. The summed E-state index contributed by atoms with van der Waals surface area (Å²) >= 11 is 1.29. The Hall–Kier alpha value is -2.55. The van der Waals surface area contributed by atoms with Crippen LogP contribution in [0.5, 0.6) is 0 Å². The van der Waals surface area contributed by atoms with Gasteiger partial charge in [0, 0.05) is 23.2 Å². The maximum atomic E-state index is 12.7. The summed E-state index contributed by atoms with van der Waals surface area (Å²) in [5.41, 5.74) is 1.10. The average molecular weight is 387 g/mol. The van der Waals surface area contributed by atoms with Gasteiger partial charge in [0.25, 0.3) is 5.91 Å². The number of sulfonamides is 1. The van der Waals surface area contributed by atoms with Crippen LogP contribution in [0.15, 0.2) is 71.1 Å². The Morgan fingerprint density at radius 3 is 2.58 bits per heavy atom. The van der Waals surface area contributed by atoms with E-state index in [1.165, 1.54) is 23.5 Å². The van der Waals surface area contributed by atoms with E-state index < -0.39 is 22.0 Å². The van der Waals surface area contributed by atoms with Crippen molar-refractivity contribution in [3.8, 4) is 0 Å². The van der Waals surface area contributed by atoms with Crippen molar-refractivity contribution < 1.29 is 13.2 Å². The second-order valence-electron chi connectivity index (χ2n) is 5.57. The maximum Gasteiger partial charge on any atom is 0.257 e. The predicted octanol–water partition coefficient (Wildman–Crippen LogP) is 3.43. The van der Waals surface area contributed by atoms with Crippen LogP contribution in [0.1, 0.15) is 28.9 Å². The number of thiazole rings is 1. The molecular formula is C18H17N3O3S2. The fourth-order valence-corrected chi connectivity index (χ4v) is 4.17. The second kappa shape index (κ2) is 7.77. The number of aromatic nitrogens is 1. The summed E-state index contributed by atoms with van der Waals surface area (Å²) in [5, 5.41) is 4.84. The minimum Gasteiger partial charge on any atom is -0.298 e. The van der Waals surface area contributed by atoms with E-state index in [2.05, 4.69) is 15.0 Å². The van der Waals surface area contributed by atoms with Crippen molar-refractivity contribution in [2.75, 3.05) is 5.32 Å². The number of hydrogen-bond acceptors (Lipinski definition) is 5. The highest BCUT2D eigenvalue weighted by molar-refractivity contribution is 7.89. The third-order valence-corrected chi connectivity index (χ3v) is 5.92. The molecule has 3 rings (SSSR count). The molecule has 0 aliphatic carbocycles. The zero-order chi connectivity index (χ0) is 18.6. The molecule has 1 aromatic heterocycles. The molecule has 26 heavy (non-hydrogen) atoms. The summed E-state index contributed by atoms with van der Waals surface area (Å²) in [6.07, 6.45) is 1.58. The van der Waals surface area contributed by atoms with E-state index in [0.717, 1.165) is 5.56 Å². The number of nitrogens with one attached hydrogen (secondary N) is 2. The Kier molecular flexibility index (Phi) is 5.46. The largest absolute Gasteiger partial charge is 0.298 e. The minimum atomic E-state index is -3.77. The molecule has 0 bridgehead atoms. The first-order valence-electron chi connectivity index (χ1n) is 7.84. The van der Waals surface area contributed by atoms with Crippen LogP contribution in [-0.2, 0) is 10.0 Å². The Balaban J connectivity index is 1.79. The van der Waals surface area contributed by atoms with Gasteiger partial charge in [0.15, 0.2) is 5.13 Å². The lowest BCUT2D eigenvalue weighted by atomic mass is 10.1. The smallest absolute Gasteiger partial charge is 0.257 e. The number of hydrogen-bond donors (Lipinski definition) is 2. The Labute approximate surface area is 156 Å². The number of anilines is 1. The summed E-state index contributed by atoms with van der Waals surface area (Å²) < 4.78 is 27.9. The van der Waals surface area contributed by atoms with Crippen LogP contribution in [0.3, 0.4) is 0 Å². The van der Waals surface area contributed by atoms with Crippen LogP contribution in [0.4, 0.5) is 5.13 Å². The lowest BCUT2D eigenvalue weighted by Gasteiger charge is -2.15. The number of rotatable bonds is 6. The predicted molar refractivity (Wildman–Crippen MR) is 102 cm³/mol. The fourth-order valence-electron chi connectivity index (χ4n) is 2.37. The van der Waals surface area contributed by atoms with Gasteiger partial charge in [-0.2, -0.15) is 0 Å². The lowest BCUT2D eigenvalue weighted by molar-refractivity contribution is 0.102. The van der Waals surface area contributed by atoms with E-state index in [1.807, 2.05) is 30.3 Å². The van der Waals surface area contributed by atoms with Gasteiger partial charge in [-0.3, -0.25) is 10.1 Å². The molecule has 0 aliphatic rings. The van der Waals surface area contributed by atoms with Crippen LogP contribution in [-0.4, -0.2) is 19.3 Å². The molecule has 1 atom stereocenters. The number of nitrogens with zero attached hydrogens (tertiary/aromatic N) is 1. The molecule has 2 aromatic carbocycles. The van der Waals surface area contributed by atoms with Gasteiger partial charge in [0.1, 0.15) is 0 Å². The number of benzene rings is 2. The summed E-state index contributed by atoms with van der Waals surface area (Å²) in [6.45, 7) is 1.77. The first-order valence-corrected chi connectivity index (χ1v) is 10.2. The fraction of sp³-hybridized carbons (Fsp3) is 0.111. The van der Waals surface area contributed by atoms with E-state index in [4.69, 9.17) is 0 Å². The van der Waals surface area contributed by atoms with E-state index in [1.54, 1.807) is 30.6 Å². The van der Waals surface area contributed by atoms with Crippen molar-refractivity contribution in [2.45, 2.75) is 17.9 Å². The van der Waals surface area contributed by atoms with Crippen LogP contribution in [0.25, 0.3) is 0 Å². The molecule has 0 radical (unpaired) electrons. The molecule has 0 saturated heterocycles. The molecule has 6 nitrogen and oxygen atoms in total. The molecule has 2 N–H and O–H groups in total. The van der Waals surface area contributed by atoms with Crippen LogP contribution < -0.4 is 10.0 Å². The van der Waals surface area contributed by atoms with Crippen molar-refractivity contribution in [3.63, 3.8) is 0 Å². The molecule has 8 heteroatoms. The molecule has 1 heterocycles. The zero-order valence-electron chi connectivity index (χ0n) is 13.9. The van der Waals surface area contributed by atoms with Crippen LogP contribution in [0.2, 0.25) is 0 Å². The minimum absolute atomic E-state index is 0.0343. The summed E-state index contributed by atoms with van der Waals surface area (Å²) in [5.74, 6) is -0.409. The maximum absolute atomic E-state index is 12.7. The van der Waals surface area contributed by atoms with Crippen molar-refractivity contribution in [1.29, 1.82) is 0 Å². The van der Waals surface area contributed by atoms with Gasteiger partial charge in [-0.05, 0) is 30.7 Å². The van der Waals surface area contributed by atoms with E-state index in [-0.39, 0.29) is 10.5 Å². The molecule has 1 amide bonds. The molecule has 0 unspecified atom stereocenters. The molecule has 0 saturated carbocycles. The molecule has 0 fully saturated rings. The third kappa shape index (κ3) is 4.34. The van der Waals surface area contributed by atoms with Crippen molar-refractivity contribution in [1.82, 2.24) is 9.71 Å². The molecule has 134 valence electrons. The van der Waals surface area contributed by atoms with Gasteiger partial charge >= 0.3 is 0 Å². The molecular weight excluding hydrogens is 370 g/mol. The highest BCUT2D eigenvalue weighted by atomic mass is 32.2. The standard InChI is InChI=1S/C18H17N3O3S2/c1-13(14-6-3-2-4-7-14)21-26(23,24)16-9-5-8-15(12-16)17(22)20-18-19-10-11-25-18/h2-13,21H,1H3,(H,19,20,22)/t13-/m1/s1. The highest BCUT2D eigenvalue weighted by Gasteiger charge is 2.20. The quantitative estimate of drug-likeness (QED) is 0.678. The van der Waals surface area contributed by atoms with Gasteiger partial charge < -0.3 is 0 Å². The SMILES string of the molecule is C[C@@H](NS(=O)(=O)c1cccc(C(=O)Nc2nccs2)c1)c1ccccc1. The van der Waals surface area contributed by atoms with Gasteiger partial charge in [-0.25, -0.2) is 18.1 Å². The topological polar surface area (TPSA) is 88.2 Å². The molecule has 0 spiro atoms. The van der Waals surface area contributed by atoms with Gasteiger partial charge in [-0.15, -0.1) is 11.3 Å². The van der Waals surface area contributed by atoms with Gasteiger partial charge in [0.05, 0.1) is 4.90 Å². The third-order valence-electron chi connectivity index (χ3n) is 3.69. The van der Waals surface area contributed by atoms with E-state index in [9.17, 15) is 13.2 Å². The average Bonchev–Trinajstić information content (AvgIpc) is 3.15. The van der Waals surface area contributed by atoms with Crippen molar-refractivity contribution >= 4 is 32.4 Å². The van der Waals surface area contributed by atoms with E-state index in [0.29, 0.717) is 5.13 Å². The van der Waals surface area contributed by atoms with Crippen molar-refractivity contribution in [2.24, 2.45) is 0 Å².